The molecule has 86 valence electrons. The largest absolute Gasteiger partial charge is 0.393 e. The van der Waals surface area contributed by atoms with Crippen LogP contribution in [0.2, 0.25) is 0 Å². The lowest BCUT2D eigenvalue weighted by molar-refractivity contribution is -0.0985. The number of hydrogen-bond acceptors (Lipinski definition) is 3. The summed E-state index contributed by atoms with van der Waals surface area (Å²) in [4.78, 5) is 0. The Labute approximate surface area is 87.1 Å². The van der Waals surface area contributed by atoms with Crippen LogP contribution in [0.3, 0.4) is 0 Å². The molecular formula is C11H24O3. The molecule has 0 aliphatic heterocycles. The van der Waals surface area contributed by atoms with Gasteiger partial charge in [-0.15, -0.1) is 0 Å². The number of aliphatic hydroxyl groups is 2. The van der Waals surface area contributed by atoms with Crippen LogP contribution in [0.4, 0.5) is 0 Å². The van der Waals surface area contributed by atoms with Crippen LogP contribution in [0, 0.1) is 0 Å². The molecule has 0 radical (unpaired) electrons. The van der Waals surface area contributed by atoms with Crippen molar-refractivity contribution in [2.75, 3.05) is 7.11 Å². The summed E-state index contributed by atoms with van der Waals surface area (Å²) in [6, 6.07) is 0. The van der Waals surface area contributed by atoms with Crippen LogP contribution in [0.25, 0.3) is 0 Å². The zero-order chi connectivity index (χ0) is 10.8. The molecule has 0 spiro atoms. The predicted octanol–water partition coefficient (Wildman–Crippen LogP) is 2.06. The van der Waals surface area contributed by atoms with Gasteiger partial charge in [-0.25, -0.2) is 0 Å². The summed E-state index contributed by atoms with van der Waals surface area (Å²) in [5.41, 5.74) is 0. The summed E-state index contributed by atoms with van der Waals surface area (Å²) in [6.45, 7) is 2.18. The molecule has 0 bridgehead atoms. The molecule has 0 fully saturated rings. The van der Waals surface area contributed by atoms with E-state index in [0.29, 0.717) is 6.42 Å². The molecule has 0 aromatic heterocycles. The molecule has 0 unspecified atom stereocenters. The maximum absolute atomic E-state index is 9.47. The molecule has 0 aromatic carbocycles. The summed E-state index contributed by atoms with van der Waals surface area (Å²) in [6.07, 6.45) is 5.82. The average Bonchev–Trinajstić information content (AvgIpc) is 2.17. The summed E-state index contributed by atoms with van der Waals surface area (Å²) in [5.74, 6) is 0. The molecule has 0 rings (SSSR count). The second kappa shape index (κ2) is 9.44. The lowest BCUT2D eigenvalue weighted by atomic mass is 10.1. The number of rotatable bonds is 9. The van der Waals surface area contributed by atoms with Crippen LogP contribution in [0.5, 0.6) is 0 Å². The Morgan fingerprint density at radius 1 is 1.07 bits per heavy atom. The van der Waals surface area contributed by atoms with Crippen molar-refractivity contribution in [3.8, 4) is 0 Å². The van der Waals surface area contributed by atoms with E-state index in [-0.39, 0.29) is 0 Å². The summed E-state index contributed by atoms with van der Waals surface area (Å²) >= 11 is 0. The van der Waals surface area contributed by atoms with E-state index in [1.54, 1.807) is 0 Å². The van der Waals surface area contributed by atoms with Gasteiger partial charge in [0, 0.05) is 13.5 Å². The SMILES string of the molecule is CCCCCCC[C@@H](O)C[C@H](O)OC. The van der Waals surface area contributed by atoms with Crippen LogP contribution in [-0.2, 0) is 4.74 Å². The summed E-state index contributed by atoms with van der Waals surface area (Å²) in [7, 11) is 1.44. The van der Waals surface area contributed by atoms with Crippen LogP contribution < -0.4 is 0 Å². The molecule has 0 aliphatic carbocycles. The monoisotopic (exact) mass is 204 g/mol. The molecule has 0 saturated heterocycles. The molecular weight excluding hydrogens is 180 g/mol. The van der Waals surface area contributed by atoms with Crippen molar-refractivity contribution >= 4 is 0 Å². The minimum Gasteiger partial charge on any atom is -0.393 e. The van der Waals surface area contributed by atoms with Gasteiger partial charge in [-0.3, -0.25) is 0 Å². The molecule has 3 heteroatoms. The first-order valence-electron chi connectivity index (χ1n) is 5.59. The molecule has 0 heterocycles. The first-order chi connectivity index (χ1) is 6.70. The fourth-order valence-corrected chi connectivity index (χ4v) is 1.43. The van der Waals surface area contributed by atoms with Crippen molar-refractivity contribution in [1.29, 1.82) is 0 Å². The Bertz CT molecular complexity index is 117. The smallest absolute Gasteiger partial charge is 0.156 e. The Morgan fingerprint density at radius 3 is 2.29 bits per heavy atom. The van der Waals surface area contributed by atoms with Crippen molar-refractivity contribution in [3.05, 3.63) is 0 Å². The van der Waals surface area contributed by atoms with E-state index in [4.69, 9.17) is 5.11 Å². The van der Waals surface area contributed by atoms with Gasteiger partial charge in [0.25, 0.3) is 0 Å². The molecule has 0 aromatic rings. The van der Waals surface area contributed by atoms with Crippen molar-refractivity contribution in [1.82, 2.24) is 0 Å². The fraction of sp³-hybridized carbons (Fsp3) is 1.00. The minimum atomic E-state index is -0.819. The summed E-state index contributed by atoms with van der Waals surface area (Å²) < 4.78 is 4.66. The van der Waals surface area contributed by atoms with Gasteiger partial charge in [0.05, 0.1) is 6.10 Å². The normalized spacial score (nSPS) is 15.4. The van der Waals surface area contributed by atoms with Crippen LogP contribution >= 0.6 is 0 Å². The highest BCUT2D eigenvalue weighted by Gasteiger charge is 2.09. The first kappa shape index (κ1) is 13.9. The van der Waals surface area contributed by atoms with Gasteiger partial charge in [-0.05, 0) is 6.42 Å². The Balaban J connectivity index is 3.22. The highest BCUT2D eigenvalue weighted by atomic mass is 16.6. The Morgan fingerprint density at radius 2 is 1.71 bits per heavy atom. The molecule has 0 amide bonds. The zero-order valence-electron chi connectivity index (χ0n) is 9.41. The van der Waals surface area contributed by atoms with E-state index < -0.39 is 12.4 Å². The van der Waals surface area contributed by atoms with Gasteiger partial charge >= 0.3 is 0 Å². The Kier molecular flexibility index (Phi) is 9.35. The van der Waals surface area contributed by atoms with Gasteiger partial charge in [-0.1, -0.05) is 39.0 Å². The molecule has 2 atom stereocenters. The second-order valence-corrected chi connectivity index (χ2v) is 3.78. The maximum Gasteiger partial charge on any atom is 0.156 e. The van der Waals surface area contributed by atoms with Gasteiger partial charge in [-0.2, -0.15) is 0 Å². The third-order valence-corrected chi connectivity index (χ3v) is 2.39. The van der Waals surface area contributed by atoms with E-state index in [0.717, 1.165) is 12.8 Å². The van der Waals surface area contributed by atoms with Crippen molar-refractivity contribution < 1.29 is 14.9 Å². The average molecular weight is 204 g/mol. The number of aliphatic hydroxyl groups excluding tert-OH is 2. The number of unbranched alkanes of at least 4 members (excludes halogenated alkanes) is 4. The number of methoxy groups -OCH3 is 1. The maximum atomic E-state index is 9.47. The lowest BCUT2D eigenvalue weighted by Gasteiger charge is -2.13. The van der Waals surface area contributed by atoms with Gasteiger partial charge in [0.1, 0.15) is 0 Å². The Hall–Kier alpha value is -0.120. The molecule has 14 heavy (non-hydrogen) atoms. The molecule has 0 saturated carbocycles. The fourth-order valence-electron chi connectivity index (χ4n) is 1.43. The molecule has 0 aliphatic rings. The summed E-state index contributed by atoms with van der Waals surface area (Å²) in [5, 5.41) is 18.6. The van der Waals surface area contributed by atoms with Gasteiger partial charge < -0.3 is 14.9 Å². The van der Waals surface area contributed by atoms with E-state index in [1.165, 1.54) is 32.8 Å². The molecule has 2 N–H and O–H groups in total. The third-order valence-electron chi connectivity index (χ3n) is 2.39. The molecule has 3 nitrogen and oxygen atoms in total. The highest BCUT2D eigenvalue weighted by molar-refractivity contribution is 4.57. The van der Waals surface area contributed by atoms with E-state index in [9.17, 15) is 5.11 Å². The van der Waals surface area contributed by atoms with Gasteiger partial charge in [0.2, 0.25) is 0 Å². The van der Waals surface area contributed by atoms with Crippen molar-refractivity contribution in [3.63, 3.8) is 0 Å². The van der Waals surface area contributed by atoms with E-state index >= 15 is 0 Å². The predicted molar refractivity (Wildman–Crippen MR) is 57.0 cm³/mol. The standard InChI is InChI=1S/C11H24O3/c1-3-4-5-6-7-8-10(12)9-11(13)14-2/h10-13H,3-9H2,1-2H3/t10-,11-/m1/s1. The van der Waals surface area contributed by atoms with Crippen LogP contribution in [0.15, 0.2) is 0 Å². The van der Waals surface area contributed by atoms with Crippen LogP contribution in [-0.4, -0.2) is 29.7 Å². The minimum absolute atomic E-state index is 0.324. The van der Waals surface area contributed by atoms with Gasteiger partial charge in [0.15, 0.2) is 6.29 Å². The lowest BCUT2D eigenvalue weighted by Crippen LogP contribution is -2.18. The quantitative estimate of drug-likeness (QED) is 0.446. The van der Waals surface area contributed by atoms with E-state index in [1.807, 2.05) is 0 Å². The number of ether oxygens (including phenoxy) is 1. The second-order valence-electron chi connectivity index (χ2n) is 3.78. The topological polar surface area (TPSA) is 49.7 Å². The van der Waals surface area contributed by atoms with Crippen molar-refractivity contribution in [2.24, 2.45) is 0 Å². The van der Waals surface area contributed by atoms with E-state index in [2.05, 4.69) is 11.7 Å². The van der Waals surface area contributed by atoms with Crippen LogP contribution in [0.1, 0.15) is 51.9 Å². The van der Waals surface area contributed by atoms with Crippen molar-refractivity contribution in [2.45, 2.75) is 64.3 Å². The first-order valence-corrected chi connectivity index (χ1v) is 5.59. The highest BCUT2D eigenvalue weighted by Crippen LogP contribution is 2.10. The zero-order valence-corrected chi connectivity index (χ0v) is 9.41. The third kappa shape index (κ3) is 8.48. The number of hydrogen-bond donors (Lipinski definition) is 2.